The van der Waals surface area contributed by atoms with E-state index in [0.717, 1.165) is 12.8 Å². The predicted molar refractivity (Wildman–Crippen MR) is 48.8 cm³/mol. The first kappa shape index (κ1) is 9.69. The van der Waals surface area contributed by atoms with Crippen LogP contribution in [0.2, 0.25) is 0 Å². The van der Waals surface area contributed by atoms with Crippen LogP contribution in [0.1, 0.15) is 19.3 Å². The van der Waals surface area contributed by atoms with Crippen LogP contribution in [-0.2, 0) is 10.8 Å². The molecule has 0 heterocycles. The number of nitrogens with two attached hydrogens (primary N) is 1. The molecule has 1 aliphatic rings. The molecular weight excluding hydrogens is 172 g/mol. The Morgan fingerprint density at radius 2 is 2.25 bits per heavy atom. The van der Waals surface area contributed by atoms with E-state index in [4.69, 9.17) is 11.0 Å². The molecule has 12 heavy (non-hydrogen) atoms. The molecule has 0 aliphatic heterocycles. The van der Waals surface area contributed by atoms with Crippen LogP contribution in [0.15, 0.2) is 0 Å². The summed E-state index contributed by atoms with van der Waals surface area (Å²) in [4.78, 5) is 0. The molecule has 0 saturated heterocycles. The number of hydrogen-bond donors (Lipinski definition) is 1. The van der Waals surface area contributed by atoms with Gasteiger partial charge in [0.2, 0.25) is 0 Å². The Bertz CT molecular complexity index is 218. The van der Waals surface area contributed by atoms with Gasteiger partial charge in [0.25, 0.3) is 0 Å². The Morgan fingerprint density at radius 1 is 1.58 bits per heavy atom. The Balaban J connectivity index is 2.31. The zero-order valence-electron chi connectivity index (χ0n) is 7.08. The van der Waals surface area contributed by atoms with Gasteiger partial charge in [-0.05, 0) is 18.3 Å². The van der Waals surface area contributed by atoms with Crippen molar-refractivity contribution in [2.75, 3.05) is 18.1 Å². The van der Waals surface area contributed by atoms with Crippen LogP contribution in [0, 0.1) is 16.7 Å². The van der Waals surface area contributed by atoms with Gasteiger partial charge in [-0.25, -0.2) is 0 Å². The summed E-state index contributed by atoms with van der Waals surface area (Å²) in [6, 6.07) is 2.15. The highest BCUT2D eigenvalue weighted by Gasteiger charge is 2.43. The van der Waals surface area contributed by atoms with Gasteiger partial charge in [0.15, 0.2) is 0 Å². The van der Waals surface area contributed by atoms with E-state index in [1.807, 2.05) is 0 Å². The smallest absolute Gasteiger partial charge is 0.0627 e. The van der Waals surface area contributed by atoms with E-state index in [0.29, 0.717) is 24.5 Å². The Kier molecular flexibility index (Phi) is 3.24. The highest BCUT2D eigenvalue weighted by atomic mass is 32.2. The van der Waals surface area contributed by atoms with E-state index in [-0.39, 0.29) is 5.41 Å². The molecule has 2 N–H and O–H groups in total. The molecule has 1 fully saturated rings. The fourth-order valence-electron chi connectivity index (χ4n) is 1.26. The summed E-state index contributed by atoms with van der Waals surface area (Å²) in [5.74, 6) is 1.25. The molecule has 0 spiro atoms. The molecule has 0 bridgehead atoms. The molecular formula is C8H14N2OS. The van der Waals surface area contributed by atoms with Crippen molar-refractivity contribution in [3.63, 3.8) is 0 Å². The number of rotatable bonds is 5. The van der Waals surface area contributed by atoms with Crippen molar-refractivity contribution in [2.45, 2.75) is 19.3 Å². The summed E-state index contributed by atoms with van der Waals surface area (Å²) in [5, 5.41) is 8.51. The molecule has 1 saturated carbocycles. The van der Waals surface area contributed by atoms with Crippen LogP contribution in [0.5, 0.6) is 0 Å². The number of nitrogens with zero attached hydrogens (tertiary/aromatic N) is 1. The zero-order chi connectivity index (χ0) is 9.03. The molecule has 4 heteroatoms. The van der Waals surface area contributed by atoms with Gasteiger partial charge >= 0.3 is 0 Å². The van der Waals surface area contributed by atoms with Gasteiger partial charge in [0.1, 0.15) is 0 Å². The van der Waals surface area contributed by atoms with Crippen LogP contribution < -0.4 is 5.73 Å². The van der Waals surface area contributed by atoms with Crippen molar-refractivity contribution in [3.8, 4) is 6.07 Å². The number of nitriles is 1. The minimum absolute atomic E-state index is 0.106. The van der Waals surface area contributed by atoms with Gasteiger partial charge in [-0.2, -0.15) is 5.26 Å². The second kappa shape index (κ2) is 4.01. The van der Waals surface area contributed by atoms with Gasteiger partial charge < -0.3 is 5.73 Å². The first-order chi connectivity index (χ1) is 5.72. The molecule has 1 atom stereocenters. The zero-order valence-corrected chi connectivity index (χ0v) is 7.90. The highest BCUT2D eigenvalue weighted by molar-refractivity contribution is 7.85. The fraction of sp³-hybridized carbons (Fsp3) is 0.875. The lowest BCUT2D eigenvalue weighted by molar-refractivity contribution is 0.587. The van der Waals surface area contributed by atoms with Crippen LogP contribution in [0.3, 0.4) is 0 Å². The summed E-state index contributed by atoms with van der Waals surface area (Å²) < 4.78 is 11.3. The summed E-state index contributed by atoms with van der Waals surface area (Å²) in [6.45, 7) is 0.481. The molecule has 3 nitrogen and oxygen atoms in total. The van der Waals surface area contributed by atoms with Gasteiger partial charge in [0.05, 0.1) is 6.07 Å². The third kappa shape index (κ3) is 2.58. The summed E-state index contributed by atoms with van der Waals surface area (Å²) in [7, 11) is -0.805. The third-order valence-corrected chi connectivity index (χ3v) is 3.85. The molecule has 0 amide bonds. The maximum atomic E-state index is 11.3. The summed E-state index contributed by atoms with van der Waals surface area (Å²) in [5.41, 5.74) is 5.39. The van der Waals surface area contributed by atoms with E-state index < -0.39 is 10.8 Å². The van der Waals surface area contributed by atoms with E-state index in [1.54, 1.807) is 0 Å². The quantitative estimate of drug-likeness (QED) is 0.675. The van der Waals surface area contributed by atoms with Crippen molar-refractivity contribution in [2.24, 2.45) is 11.1 Å². The number of hydrogen-bond acceptors (Lipinski definition) is 3. The first-order valence-corrected chi connectivity index (χ1v) is 5.63. The molecule has 68 valence electrons. The SMILES string of the molecule is N#CCC1(CS(=O)CCN)CC1. The van der Waals surface area contributed by atoms with E-state index in [9.17, 15) is 4.21 Å². The molecule has 0 aromatic heterocycles. The van der Waals surface area contributed by atoms with Gasteiger partial charge in [-0.1, -0.05) is 0 Å². The van der Waals surface area contributed by atoms with Crippen LogP contribution in [-0.4, -0.2) is 22.3 Å². The molecule has 0 radical (unpaired) electrons. The summed E-state index contributed by atoms with van der Waals surface area (Å²) in [6.07, 6.45) is 2.69. The minimum atomic E-state index is -0.805. The highest BCUT2D eigenvalue weighted by Crippen LogP contribution is 2.49. The lowest BCUT2D eigenvalue weighted by Crippen LogP contribution is -2.18. The molecule has 1 rings (SSSR count). The van der Waals surface area contributed by atoms with Crippen LogP contribution >= 0.6 is 0 Å². The van der Waals surface area contributed by atoms with E-state index >= 15 is 0 Å². The molecule has 1 aliphatic carbocycles. The van der Waals surface area contributed by atoms with Crippen molar-refractivity contribution in [3.05, 3.63) is 0 Å². The van der Waals surface area contributed by atoms with Gasteiger partial charge in [0, 0.05) is 35.3 Å². The normalized spacial score (nSPS) is 21.3. The average Bonchev–Trinajstić information content (AvgIpc) is 2.70. The Labute approximate surface area is 75.4 Å². The van der Waals surface area contributed by atoms with Crippen LogP contribution in [0.25, 0.3) is 0 Å². The Morgan fingerprint density at radius 3 is 2.67 bits per heavy atom. The van der Waals surface area contributed by atoms with Crippen molar-refractivity contribution in [1.82, 2.24) is 0 Å². The van der Waals surface area contributed by atoms with Crippen molar-refractivity contribution >= 4 is 10.8 Å². The largest absolute Gasteiger partial charge is 0.330 e. The second-order valence-electron chi connectivity index (χ2n) is 3.41. The standard InChI is InChI=1S/C8H14N2OS/c9-4-3-8(1-2-8)7-12(11)6-5-10/h1-3,5-7,10H2. The maximum absolute atomic E-state index is 11.3. The molecule has 0 aromatic carbocycles. The van der Waals surface area contributed by atoms with Crippen LogP contribution in [0.4, 0.5) is 0 Å². The second-order valence-corrected chi connectivity index (χ2v) is 4.99. The lowest BCUT2D eigenvalue weighted by Gasteiger charge is -2.08. The monoisotopic (exact) mass is 186 g/mol. The van der Waals surface area contributed by atoms with Crippen molar-refractivity contribution in [1.29, 1.82) is 5.26 Å². The summed E-state index contributed by atoms with van der Waals surface area (Å²) >= 11 is 0. The minimum Gasteiger partial charge on any atom is -0.330 e. The van der Waals surface area contributed by atoms with E-state index in [1.165, 1.54) is 0 Å². The Hall–Kier alpha value is -0.400. The maximum Gasteiger partial charge on any atom is 0.0627 e. The third-order valence-electron chi connectivity index (χ3n) is 2.22. The van der Waals surface area contributed by atoms with Gasteiger partial charge in [-0.15, -0.1) is 0 Å². The lowest BCUT2D eigenvalue weighted by atomic mass is 10.1. The average molecular weight is 186 g/mol. The van der Waals surface area contributed by atoms with Gasteiger partial charge in [-0.3, -0.25) is 4.21 Å². The van der Waals surface area contributed by atoms with E-state index in [2.05, 4.69) is 6.07 Å². The fourth-order valence-corrected chi connectivity index (χ4v) is 2.74. The molecule has 1 unspecified atom stereocenters. The predicted octanol–water partition coefficient (Wildman–Crippen LogP) is 0.388. The molecule has 0 aromatic rings. The first-order valence-electron chi connectivity index (χ1n) is 4.14. The van der Waals surface area contributed by atoms with Crippen molar-refractivity contribution < 1.29 is 4.21 Å². The topological polar surface area (TPSA) is 66.9 Å².